The number of carbonyl (C=O) groups excluding carboxylic acids is 1. The fraction of sp³-hybridized carbons (Fsp3) is 0.300. The van der Waals surface area contributed by atoms with Crippen molar-refractivity contribution in [2.24, 2.45) is 0 Å². The summed E-state index contributed by atoms with van der Waals surface area (Å²) in [6, 6.07) is 3.84. The molecule has 2 N–H and O–H groups in total. The van der Waals surface area contributed by atoms with Crippen molar-refractivity contribution in [2.75, 3.05) is 5.32 Å². The first-order valence-electron chi connectivity index (χ1n) is 4.51. The Kier molecular flexibility index (Phi) is 3.41. The minimum Gasteiger partial charge on any atom is -0.308 e. The van der Waals surface area contributed by atoms with Crippen molar-refractivity contribution in [1.29, 1.82) is 0 Å². The lowest BCUT2D eigenvalue weighted by Crippen LogP contribution is -2.40. The number of nitrogens with one attached hydrogen (secondary N) is 2. The molecule has 0 atom stereocenters. The Morgan fingerprint density at radius 2 is 1.88 bits per heavy atom. The van der Waals surface area contributed by atoms with Gasteiger partial charge in [0.1, 0.15) is 0 Å². The van der Waals surface area contributed by atoms with Crippen LogP contribution in [0.15, 0.2) is 18.2 Å². The molecule has 0 saturated carbocycles. The van der Waals surface area contributed by atoms with Crippen LogP contribution in [-0.4, -0.2) is 12.3 Å². The Labute approximate surface area is 90.6 Å². The standard InChI is InChI=1S/C10H11F3N2O/c1-6-3-4-7(2)8(5-6)14-9(16)15-10(11,12)13/h3-5H,1-2H3,(H2,14,15,16). The monoisotopic (exact) mass is 232 g/mol. The third-order valence-corrected chi connectivity index (χ3v) is 1.90. The van der Waals surface area contributed by atoms with Crippen LogP contribution in [0.5, 0.6) is 0 Å². The zero-order chi connectivity index (χ0) is 12.3. The van der Waals surface area contributed by atoms with Crippen molar-refractivity contribution in [1.82, 2.24) is 5.32 Å². The molecule has 0 radical (unpaired) electrons. The average Bonchev–Trinajstić information content (AvgIpc) is 2.08. The smallest absolute Gasteiger partial charge is 0.308 e. The van der Waals surface area contributed by atoms with E-state index in [9.17, 15) is 18.0 Å². The topological polar surface area (TPSA) is 41.1 Å². The van der Waals surface area contributed by atoms with Crippen LogP contribution in [0.1, 0.15) is 11.1 Å². The summed E-state index contributed by atoms with van der Waals surface area (Å²) in [7, 11) is 0. The van der Waals surface area contributed by atoms with Crippen LogP contribution in [-0.2, 0) is 0 Å². The Morgan fingerprint density at radius 3 is 2.44 bits per heavy atom. The van der Waals surface area contributed by atoms with Crippen LogP contribution in [0.2, 0.25) is 0 Å². The highest BCUT2D eigenvalue weighted by Gasteiger charge is 2.30. The predicted octanol–water partition coefficient (Wildman–Crippen LogP) is 2.94. The molecule has 88 valence electrons. The van der Waals surface area contributed by atoms with Gasteiger partial charge < -0.3 is 5.32 Å². The number of aryl methyl sites for hydroxylation is 2. The Hall–Kier alpha value is -1.72. The van der Waals surface area contributed by atoms with Crippen molar-refractivity contribution in [2.45, 2.75) is 20.1 Å². The molecule has 1 rings (SSSR count). The molecule has 0 spiro atoms. The minimum absolute atomic E-state index is 0.363. The van der Waals surface area contributed by atoms with Crippen molar-refractivity contribution in [3.63, 3.8) is 0 Å². The predicted molar refractivity (Wildman–Crippen MR) is 54.1 cm³/mol. The Balaban J connectivity index is 2.73. The Bertz CT molecular complexity index is 402. The number of hydrogen-bond donors (Lipinski definition) is 2. The number of alkyl halides is 3. The second-order valence-corrected chi connectivity index (χ2v) is 3.40. The van der Waals surface area contributed by atoms with Gasteiger partial charge in [0, 0.05) is 5.69 Å². The quantitative estimate of drug-likeness (QED) is 0.718. The summed E-state index contributed by atoms with van der Waals surface area (Å²) in [5.41, 5.74) is 1.91. The molecule has 0 aliphatic carbocycles. The summed E-state index contributed by atoms with van der Waals surface area (Å²) in [5.74, 6) is 0. The molecule has 0 fully saturated rings. The number of benzene rings is 1. The maximum atomic E-state index is 11.8. The molecule has 0 aliphatic rings. The van der Waals surface area contributed by atoms with Crippen molar-refractivity contribution >= 4 is 11.7 Å². The van der Waals surface area contributed by atoms with Gasteiger partial charge >= 0.3 is 12.3 Å². The molecule has 0 bridgehead atoms. The molecular formula is C10H11F3N2O. The van der Waals surface area contributed by atoms with Crippen LogP contribution < -0.4 is 10.6 Å². The van der Waals surface area contributed by atoms with E-state index in [1.165, 1.54) is 0 Å². The number of amides is 2. The number of anilines is 1. The molecule has 3 nitrogen and oxygen atoms in total. The molecule has 0 unspecified atom stereocenters. The number of urea groups is 1. The maximum absolute atomic E-state index is 11.8. The highest BCUT2D eigenvalue weighted by atomic mass is 19.4. The van der Waals surface area contributed by atoms with E-state index in [-0.39, 0.29) is 0 Å². The van der Waals surface area contributed by atoms with Gasteiger partial charge in [0.2, 0.25) is 0 Å². The highest BCUT2D eigenvalue weighted by Crippen LogP contribution is 2.17. The van der Waals surface area contributed by atoms with E-state index in [2.05, 4.69) is 5.32 Å². The molecule has 16 heavy (non-hydrogen) atoms. The van der Waals surface area contributed by atoms with E-state index < -0.39 is 12.3 Å². The zero-order valence-electron chi connectivity index (χ0n) is 8.77. The third kappa shape index (κ3) is 3.80. The molecule has 1 aromatic rings. The molecule has 0 saturated heterocycles. The van der Waals surface area contributed by atoms with Crippen LogP contribution in [0.4, 0.5) is 23.7 Å². The molecule has 1 aromatic carbocycles. The van der Waals surface area contributed by atoms with E-state index in [1.807, 2.05) is 6.07 Å². The summed E-state index contributed by atoms with van der Waals surface area (Å²) < 4.78 is 35.5. The molecule has 0 aromatic heterocycles. The molecule has 0 aliphatic heterocycles. The van der Waals surface area contributed by atoms with Crippen LogP contribution in [0.25, 0.3) is 0 Å². The molecule has 2 amide bonds. The largest absolute Gasteiger partial charge is 0.485 e. The maximum Gasteiger partial charge on any atom is 0.485 e. The van der Waals surface area contributed by atoms with Gasteiger partial charge in [0.15, 0.2) is 0 Å². The fourth-order valence-corrected chi connectivity index (χ4v) is 1.15. The van der Waals surface area contributed by atoms with E-state index in [4.69, 9.17) is 0 Å². The summed E-state index contributed by atoms with van der Waals surface area (Å²) >= 11 is 0. The van der Waals surface area contributed by atoms with Crippen LogP contribution in [0, 0.1) is 13.8 Å². The number of halogens is 3. The molecule has 0 heterocycles. The first-order valence-corrected chi connectivity index (χ1v) is 4.51. The van der Waals surface area contributed by atoms with Gasteiger partial charge in [-0.15, -0.1) is 0 Å². The van der Waals surface area contributed by atoms with Gasteiger partial charge in [-0.2, -0.15) is 13.2 Å². The lowest BCUT2D eigenvalue weighted by atomic mass is 10.1. The van der Waals surface area contributed by atoms with Gasteiger partial charge in [0.25, 0.3) is 0 Å². The third-order valence-electron chi connectivity index (χ3n) is 1.90. The zero-order valence-corrected chi connectivity index (χ0v) is 8.77. The number of carbonyl (C=O) groups is 1. The number of rotatable bonds is 1. The summed E-state index contributed by atoms with van der Waals surface area (Å²) in [6.07, 6.45) is -4.72. The summed E-state index contributed by atoms with van der Waals surface area (Å²) in [6.45, 7) is 3.48. The summed E-state index contributed by atoms with van der Waals surface area (Å²) in [5, 5.41) is 3.00. The van der Waals surface area contributed by atoms with Crippen molar-refractivity contribution in [3.8, 4) is 0 Å². The van der Waals surface area contributed by atoms with Gasteiger partial charge in [-0.3, -0.25) is 0 Å². The van der Waals surface area contributed by atoms with Crippen molar-refractivity contribution in [3.05, 3.63) is 29.3 Å². The second-order valence-electron chi connectivity index (χ2n) is 3.40. The fourth-order valence-electron chi connectivity index (χ4n) is 1.15. The normalized spacial score (nSPS) is 11.1. The Morgan fingerprint density at radius 1 is 1.25 bits per heavy atom. The first kappa shape index (κ1) is 12.4. The highest BCUT2D eigenvalue weighted by molar-refractivity contribution is 5.90. The van der Waals surface area contributed by atoms with Gasteiger partial charge in [-0.1, -0.05) is 12.1 Å². The van der Waals surface area contributed by atoms with Crippen LogP contribution in [0.3, 0.4) is 0 Å². The molecular weight excluding hydrogens is 221 g/mol. The SMILES string of the molecule is Cc1ccc(C)c(NC(=O)NC(F)(F)F)c1. The number of hydrogen-bond acceptors (Lipinski definition) is 1. The van der Waals surface area contributed by atoms with E-state index in [0.717, 1.165) is 10.9 Å². The lowest BCUT2D eigenvalue weighted by Gasteiger charge is -2.12. The molecule has 6 heteroatoms. The van der Waals surface area contributed by atoms with E-state index >= 15 is 0 Å². The van der Waals surface area contributed by atoms with Crippen LogP contribution >= 0.6 is 0 Å². The lowest BCUT2D eigenvalue weighted by molar-refractivity contribution is -0.144. The van der Waals surface area contributed by atoms with Gasteiger partial charge in [-0.05, 0) is 31.0 Å². The van der Waals surface area contributed by atoms with Gasteiger partial charge in [0.05, 0.1) is 0 Å². The average molecular weight is 232 g/mol. The van der Waals surface area contributed by atoms with E-state index in [0.29, 0.717) is 11.3 Å². The first-order chi connectivity index (χ1) is 7.28. The summed E-state index contributed by atoms with van der Waals surface area (Å²) in [4.78, 5) is 10.9. The second kappa shape index (κ2) is 4.42. The van der Waals surface area contributed by atoms with Crippen molar-refractivity contribution < 1.29 is 18.0 Å². The van der Waals surface area contributed by atoms with Gasteiger partial charge in [-0.25, -0.2) is 10.1 Å². The minimum atomic E-state index is -4.72. The van der Waals surface area contributed by atoms with E-state index in [1.54, 1.807) is 26.0 Å².